The number of carbonyl (C=O) groups excluding carboxylic acids is 1. The van der Waals surface area contributed by atoms with Gasteiger partial charge in [0.2, 0.25) is 0 Å². The van der Waals surface area contributed by atoms with Gasteiger partial charge >= 0.3 is 5.97 Å². The number of ketones is 1. The predicted molar refractivity (Wildman–Crippen MR) is 112 cm³/mol. The van der Waals surface area contributed by atoms with E-state index in [2.05, 4.69) is 0 Å². The molecule has 0 saturated carbocycles. The lowest BCUT2D eigenvalue weighted by Crippen LogP contribution is -2.17. The molecule has 0 heterocycles. The summed E-state index contributed by atoms with van der Waals surface area (Å²) in [5.41, 5.74) is 1.21. The Morgan fingerprint density at radius 1 is 1.07 bits per heavy atom. The Morgan fingerprint density at radius 2 is 1.75 bits per heavy atom. The molecule has 0 amide bonds. The van der Waals surface area contributed by atoms with Gasteiger partial charge in [-0.1, -0.05) is 58.7 Å². The molecule has 28 heavy (non-hydrogen) atoms. The van der Waals surface area contributed by atoms with Crippen molar-refractivity contribution in [3.63, 3.8) is 0 Å². The van der Waals surface area contributed by atoms with Gasteiger partial charge in [-0.25, -0.2) is 0 Å². The minimum atomic E-state index is -0.964. The van der Waals surface area contributed by atoms with Crippen LogP contribution in [0.15, 0.2) is 52.0 Å². The molecule has 146 valence electrons. The highest BCUT2D eigenvalue weighted by Crippen LogP contribution is 2.45. The van der Waals surface area contributed by atoms with Crippen molar-refractivity contribution in [3.05, 3.63) is 73.3 Å². The molecule has 0 radical (unpaired) electrons. The van der Waals surface area contributed by atoms with E-state index in [1.54, 1.807) is 36.4 Å². The molecular formula is C20H15Cl3O4S. The molecule has 2 N–H and O–H groups in total. The van der Waals surface area contributed by atoms with Crippen LogP contribution < -0.4 is 0 Å². The highest BCUT2D eigenvalue weighted by Gasteiger charge is 2.31. The van der Waals surface area contributed by atoms with Crippen LogP contribution in [0.2, 0.25) is 15.1 Å². The van der Waals surface area contributed by atoms with Crippen LogP contribution in [0.5, 0.6) is 0 Å². The van der Waals surface area contributed by atoms with Crippen LogP contribution in [0.3, 0.4) is 0 Å². The second-order valence-electron chi connectivity index (χ2n) is 6.38. The number of carboxylic acid groups (broad SMARTS) is 1. The van der Waals surface area contributed by atoms with Crippen molar-refractivity contribution in [1.29, 1.82) is 0 Å². The first-order valence-corrected chi connectivity index (χ1v) is 10.3. The van der Waals surface area contributed by atoms with E-state index < -0.39 is 5.97 Å². The maximum Gasteiger partial charge on any atom is 0.307 e. The molecule has 1 aliphatic rings. The van der Waals surface area contributed by atoms with E-state index in [1.165, 1.54) is 0 Å². The lowest BCUT2D eigenvalue weighted by atomic mass is 9.86. The average molecular weight is 458 g/mol. The summed E-state index contributed by atoms with van der Waals surface area (Å²) < 4.78 is 0. The minimum Gasteiger partial charge on any atom is -0.511 e. The molecule has 0 saturated heterocycles. The zero-order valence-electron chi connectivity index (χ0n) is 14.4. The van der Waals surface area contributed by atoms with Gasteiger partial charge in [-0.2, -0.15) is 0 Å². The quantitative estimate of drug-likeness (QED) is 0.552. The van der Waals surface area contributed by atoms with Crippen molar-refractivity contribution in [2.24, 2.45) is 0 Å². The van der Waals surface area contributed by atoms with Crippen LogP contribution in [0, 0.1) is 0 Å². The monoisotopic (exact) mass is 456 g/mol. The summed E-state index contributed by atoms with van der Waals surface area (Å²) >= 11 is 19.7. The van der Waals surface area contributed by atoms with Crippen molar-refractivity contribution in [1.82, 2.24) is 0 Å². The van der Waals surface area contributed by atoms with Gasteiger partial charge in [-0.3, -0.25) is 9.59 Å². The number of benzene rings is 2. The third-order valence-electron chi connectivity index (χ3n) is 4.36. The number of halogens is 3. The van der Waals surface area contributed by atoms with Crippen molar-refractivity contribution in [3.8, 4) is 0 Å². The van der Waals surface area contributed by atoms with Gasteiger partial charge in [0.05, 0.1) is 16.3 Å². The maximum absolute atomic E-state index is 12.7. The lowest BCUT2D eigenvalue weighted by molar-refractivity contribution is -0.136. The summed E-state index contributed by atoms with van der Waals surface area (Å²) in [5, 5.41) is 20.8. The summed E-state index contributed by atoms with van der Waals surface area (Å²) in [4.78, 5) is 24.4. The number of thioether (sulfide) groups is 1. The number of allylic oxidation sites excluding steroid dienone is 2. The zero-order chi connectivity index (χ0) is 20.4. The third kappa shape index (κ3) is 4.66. The van der Waals surface area contributed by atoms with Crippen LogP contribution in [-0.2, 0) is 16.0 Å². The topological polar surface area (TPSA) is 74.6 Å². The number of rotatable bonds is 5. The molecule has 2 aromatic rings. The number of Topliss-reactive ketones (excluding diaryl/α,β-unsaturated/α-hetero) is 1. The standard InChI is InChI=1S/C20H15Cl3O4S/c21-12-5-4-10(7-18(26)27)6-17(12)28-20-15(24)8-11(9-16(20)25)19-13(22)2-1-3-14(19)23/h1-6,11,24H,7-9H2,(H,26,27). The first-order chi connectivity index (χ1) is 13.3. The third-order valence-corrected chi connectivity index (χ3v) is 6.68. The van der Waals surface area contributed by atoms with E-state index in [4.69, 9.17) is 39.9 Å². The number of aliphatic carboxylic acids is 1. The van der Waals surface area contributed by atoms with E-state index in [0.29, 0.717) is 31.1 Å². The normalized spacial score (nSPS) is 17.1. The van der Waals surface area contributed by atoms with Crippen molar-refractivity contribution in [2.45, 2.75) is 30.1 Å². The first-order valence-electron chi connectivity index (χ1n) is 8.33. The number of aliphatic hydroxyl groups excluding tert-OH is 1. The molecule has 0 aromatic heterocycles. The number of aliphatic hydroxyl groups is 1. The Labute approximate surface area is 181 Å². The Balaban J connectivity index is 1.88. The molecule has 3 rings (SSSR count). The smallest absolute Gasteiger partial charge is 0.307 e. The highest BCUT2D eigenvalue weighted by atomic mass is 35.5. The minimum absolute atomic E-state index is 0.0538. The van der Waals surface area contributed by atoms with Crippen molar-refractivity contribution in [2.75, 3.05) is 0 Å². The summed E-state index contributed by atoms with van der Waals surface area (Å²) in [6.07, 6.45) is 0.225. The van der Waals surface area contributed by atoms with Gasteiger partial charge in [-0.15, -0.1) is 0 Å². The first kappa shape index (κ1) is 21.1. The fourth-order valence-corrected chi connectivity index (χ4v) is 5.05. The van der Waals surface area contributed by atoms with Crippen LogP contribution >= 0.6 is 46.6 Å². The second kappa shape index (κ2) is 8.78. The number of hydrogen-bond donors (Lipinski definition) is 2. The molecular weight excluding hydrogens is 443 g/mol. The summed E-state index contributed by atoms with van der Waals surface area (Å²) in [6.45, 7) is 0. The summed E-state index contributed by atoms with van der Waals surface area (Å²) in [7, 11) is 0. The number of hydrogen-bond acceptors (Lipinski definition) is 4. The Bertz CT molecular complexity index is 967. The fraction of sp³-hybridized carbons (Fsp3) is 0.200. The van der Waals surface area contributed by atoms with Crippen molar-refractivity contribution >= 4 is 58.3 Å². The van der Waals surface area contributed by atoms with Crippen LogP contribution in [-0.4, -0.2) is 22.0 Å². The van der Waals surface area contributed by atoms with E-state index in [-0.39, 0.29) is 41.6 Å². The van der Waals surface area contributed by atoms with Gasteiger partial charge in [0, 0.05) is 33.7 Å². The average Bonchev–Trinajstić information content (AvgIpc) is 2.60. The highest BCUT2D eigenvalue weighted by molar-refractivity contribution is 8.04. The largest absolute Gasteiger partial charge is 0.511 e. The van der Waals surface area contributed by atoms with Gasteiger partial charge in [0.1, 0.15) is 5.76 Å². The molecule has 1 atom stereocenters. The predicted octanol–water partition coefficient (Wildman–Crippen LogP) is 6.28. The van der Waals surface area contributed by atoms with Gasteiger partial charge in [0.25, 0.3) is 0 Å². The Morgan fingerprint density at radius 3 is 2.36 bits per heavy atom. The summed E-state index contributed by atoms with van der Waals surface area (Å²) in [6, 6.07) is 9.94. The van der Waals surface area contributed by atoms with Crippen LogP contribution in [0.1, 0.15) is 29.9 Å². The number of carboxylic acids is 1. The van der Waals surface area contributed by atoms with E-state index in [0.717, 1.165) is 11.8 Å². The molecule has 0 spiro atoms. The lowest BCUT2D eigenvalue weighted by Gasteiger charge is -2.25. The SMILES string of the molecule is O=C(O)Cc1ccc(Cl)c(SC2=C(O)CC(c3c(Cl)cccc3Cl)CC2=O)c1. The molecule has 1 aliphatic carbocycles. The molecule has 0 bridgehead atoms. The zero-order valence-corrected chi connectivity index (χ0v) is 17.5. The Kier molecular flexibility index (Phi) is 6.61. The van der Waals surface area contributed by atoms with E-state index in [9.17, 15) is 14.7 Å². The second-order valence-corrected chi connectivity index (χ2v) is 8.65. The van der Waals surface area contributed by atoms with Crippen LogP contribution in [0.25, 0.3) is 0 Å². The van der Waals surface area contributed by atoms with Crippen LogP contribution in [0.4, 0.5) is 0 Å². The molecule has 1 unspecified atom stereocenters. The molecule has 4 nitrogen and oxygen atoms in total. The summed E-state index contributed by atoms with van der Waals surface area (Å²) in [5.74, 6) is -1.57. The molecule has 0 fully saturated rings. The van der Waals surface area contributed by atoms with E-state index >= 15 is 0 Å². The molecule has 2 aromatic carbocycles. The van der Waals surface area contributed by atoms with Crippen molar-refractivity contribution < 1.29 is 19.8 Å². The molecule has 0 aliphatic heterocycles. The Hall–Kier alpha value is -1.66. The fourth-order valence-electron chi connectivity index (χ4n) is 3.12. The van der Waals surface area contributed by atoms with Gasteiger partial charge in [-0.05, 0) is 35.4 Å². The molecule has 8 heteroatoms. The maximum atomic E-state index is 12.7. The van der Waals surface area contributed by atoms with Gasteiger partial charge < -0.3 is 10.2 Å². The van der Waals surface area contributed by atoms with E-state index in [1.807, 2.05) is 0 Å². The van der Waals surface area contributed by atoms with Gasteiger partial charge in [0.15, 0.2) is 5.78 Å². The number of carbonyl (C=O) groups is 2.